The van der Waals surface area contributed by atoms with E-state index in [4.69, 9.17) is 5.73 Å². The number of pyridine rings is 1. The van der Waals surface area contributed by atoms with Crippen LogP contribution in [0.4, 0.5) is 0 Å². The molecular formula is C11H15N3O. The van der Waals surface area contributed by atoms with Gasteiger partial charge in [0.25, 0.3) is 0 Å². The maximum absolute atomic E-state index is 11.6. The predicted octanol–water partition coefficient (Wildman–Crippen LogP) is 0.606. The van der Waals surface area contributed by atoms with Crippen molar-refractivity contribution < 1.29 is 4.79 Å². The highest BCUT2D eigenvalue weighted by Gasteiger charge is 2.40. The second-order valence-corrected chi connectivity index (χ2v) is 4.02. The fourth-order valence-corrected chi connectivity index (χ4v) is 1.57. The van der Waals surface area contributed by atoms with Crippen molar-refractivity contribution in [1.29, 1.82) is 0 Å². The molecule has 0 spiro atoms. The van der Waals surface area contributed by atoms with Crippen molar-refractivity contribution in [2.75, 3.05) is 0 Å². The third kappa shape index (κ3) is 2.33. The molecule has 1 fully saturated rings. The van der Waals surface area contributed by atoms with Crippen molar-refractivity contribution >= 4 is 5.91 Å². The maximum atomic E-state index is 11.6. The van der Waals surface area contributed by atoms with Crippen LogP contribution in [0, 0.1) is 5.92 Å². The van der Waals surface area contributed by atoms with E-state index in [1.54, 1.807) is 12.4 Å². The lowest BCUT2D eigenvalue weighted by Gasteiger charge is -2.13. The molecule has 1 aromatic heterocycles. The van der Waals surface area contributed by atoms with Crippen LogP contribution in [0.3, 0.4) is 0 Å². The van der Waals surface area contributed by atoms with Crippen LogP contribution in [0.15, 0.2) is 24.5 Å². The minimum Gasteiger partial charge on any atom is -0.349 e. The molecule has 0 saturated heterocycles. The van der Waals surface area contributed by atoms with Gasteiger partial charge in [0.2, 0.25) is 5.91 Å². The second-order valence-electron chi connectivity index (χ2n) is 4.02. The van der Waals surface area contributed by atoms with Gasteiger partial charge in [0.1, 0.15) is 0 Å². The minimum atomic E-state index is 0.0216. The Morgan fingerprint density at radius 2 is 2.20 bits per heavy atom. The molecule has 1 saturated carbocycles. The van der Waals surface area contributed by atoms with Crippen LogP contribution in [0.5, 0.6) is 0 Å². The molecule has 0 aromatic carbocycles. The molecule has 0 aliphatic heterocycles. The molecule has 1 heterocycles. The zero-order valence-corrected chi connectivity index (χ0v) is 8.68. The molecule has 3 atom stereocenters. The van der Waals surface area contributed by atoms with Gasteiger partial charge in [-0.25, -0.2) is 0 Å². The third-order valence-electron chi connectivity index (χ3n) is 2.74. The van der Waals surface area contributed by atoms with Crippen molar-refractivity contribution in [1.82, 2.24) is 10.3 Å². The molecule has 4 heteroatoms. The lowest BCUT2D eigenvalue weighted by atomic mass is 10.1. The van der Waals surface area contributed by atoms with E-state index in [-0.39, 0.29) is 23.9 Å². The van der Waals surface area contributed by atoms with E-state index in [0.29, 0.717) is 0 Å². The Bertz CT molecular complexity index is 352. The number of aromatic nitrogens is 1. The van der Waals surface area contributed by atoms with Crippen LogP contribution >= 0.6 is 0 Å². The zero-order valence-electron chi connectivity index (χ0n) is 8.68. The lowest BCUT2D eigenvalue weighted by molar-refractivity contribution is -0.123. The summed E-state index contributed by atoms with van der Waals surface area (Å²) >= 11 is 0. The highest BCUT2D eigenvalue weighted by Crippen LogP contribution is 2.28. The van der Waals surface area contributed by atoms with Crippen molar-refractivity contribution in [3.8, 4) is 0 Å². The van der Waals surface area contributed by atoms with Gasteiger partial charge in [-0.3, -0.25) is 9.78 Å². The van der Waals surface area contributed by atoms with E-state index in [0.717, 1.165) is 12.0 Å². The van der Waals surface area contributed by atoms with Gasteiger partial charge in [-0.05, 0) is 31.0 Å². The van der Waals surface area contributed by atoms with Crippen molar-refractivity contribution in [2.24, 2.45) is 11.7 Å². The summed E-state index contributed by atoms with van der Waals surface area (Å²) in [4.78, 5) is 15.5. The standard InChI is InChI=1S/C11H15N3O/c1-7(8-2-4-13-5-3-8)14-11(15)9-6-10(9)12/h2-5,7,9-10H,6,12H2,1H3,(H,14,15). The predicted molar refractivity (Wildman–Crippen MR) is 56.9 cm³/mol. The molecular weight excluding hydrogens is 190 g/mol. The van der Waals surface area contributed by atoms with Crippen LogP contribution < -0.4 is 11.1 Å². The van der Waals surface area contributed by atoms with Crippen LogP contribution in [-0.2, 0) is 4.79 Å². The highest BCUT2D eigenvalue weighted by molar-refractivity contribution is 5.82. The maximum Gasteiger partial charge on any atom is 0.225 e. The van der Waals surface area contributed by atoms with Crippen LogP contribution in [-0.4, -0.2) is 16.9 Å². The van der Waals surface area contributed by atoms with Gasteiger partial charge in [0.15, 0.2) is 0 Å². The largest absolute Gasteiger partial charge is 0.349 e. The topological polar surface area (TPSA) is 68.0 Å². The first-order valence-electron chi connectivity index (χ1n) is 5.14. The number of nitrogens with zero attached hydrogens (tertiary/aromatic N) is 1. The normalized spacial score (nSPS) is 25.7. The van der Waals surface area contributed by atoms with E-state index in [2.05, 4.69) is 10.3 Å². The third-order valence-corrected chi connectivity index (χ3v) is 2.74. The highest BCUT2D eigenvalue weighted by atomic mass is 16.2. The molecule has 1 aliphatic rings. The number of rotatable bonds is 3. The van der Waals surface area contributed by atoms with Gasteiger partial charge in [-0.2, -0.15) is 0 Å². The summed E-state index contributed by atoms with van der Waals surface area (Å²) in [5.74, 6) is 0.0844. The van der Waals surface area contributed by atoms with Crippen molar-refractivity contribution in [2.45, 2.75) is 25.4 Å². The number of hydrogen-bond donors (Lipinski definition) is 2. The summed E-state index contributed by atoms with van der Waals surface area (Å²) < 4.78 is 0. The zero-order chi connectivity index (χ0) is 10.8. The number of carbonyl (C=O) groups excluding carboxylic acids is 1. The fraction of sp³-hybridized carbons (Fsp3) is 0.455. The van der Waals surface area contributed by atoms with E-state index in [1.807, 2.05) is 19.1 Å². The smallest absolute Gasteiger partial charge is 0.225 e. The van der Waals surface area contributed by atoms with Gasteiger partial charge in [0.05, 0.1) is 12.0 Å². The molecule has 4 nitrogen and oxygen atoms in total. The Morgan fingerprint density at radius 1 is 1.60 bits per heavy atom. The first-order valence-corrected chi connectivity index (χ1v) is 5.14. The Balaban J connectivity index is 1.92. The Labute approximate surface area is 88.9 Å². The van der Waals surface area contributed by atoms with Gasteiger partial charge in [-0.15, -0.1) is 0 Å². The molecule has 1 amide bonds. The average molecular weight is 205 g/mol. The fourth-order valence-electron chi connectivity index (χ4n) is 1.57. The molecule has 80 valence electrons. The molecule has 0 bridgehead atoms. The number of nitrogens with one attached hydrogen (secondary N) is 1. The van der Waals surface area contributed by atoms with Crippen LogP contribution in [0.1, 0.15) is 24.9 Å². The Hall–Kier alpha value is -1.42. The summed E-state index contributed by atoms with van der Waals surface area (Å²) in [6.07, 6.45) is 4.26. The summed E-state index contributed by atoms with van der Waals surface area (Å²) in [6, 6.07) is 3.89. The molecule has 3 unspecified atom stereocenters. The summed E-state index contributed by atoms with van der Waals surface area (Å²) in [5.41, 5.74) is 6.67. The van der Waals surface area contributed by atoms with E-state index in [9.17, 15) is 4.79 Å². The summed E-state index contributed by atoms with van der Waals surface area (Å²) in [5, 5.41) is 2.94. The van der Waals surface area contributed by atoms with Crippen molar-refractivity contribution in [3.05, 3.63) is 30.1 Å². The van der Waals surface area contributed by atoms with Crippen molar-refractivity contribution in [3.63, 3.8) is 0 Å². The summed E-state index contributed by atoms with van der Waals surface area (Å²) in [6.45, 7) is 1.96. The Kier molecular flexibility index (Phi) is 2.68. The number of amides is 1. The van der Waals surface area contributed by atoms with Gasteiger partial charge < -0.3 is 11.1 Å². The van der Waals surface area contributed by atoms with E-state index < -0.39 is 0 Å². The summed E-state index contributed by atoms with van der Waals surface area (Å²) in [7, 11) is 0. The van der Waals surface area contributed by atoms with Gasteiger partial charge >= 0.3 is 0 Å². The molecule has 1 aromatic rings. The number of carbonyl (C=O) groups is 1. The van der Waals surface area contributed by atoms with Crippen LogP contribution in [0.25, 0.3) is 0 Å². The number of hydrogen-bond acceptors (Lipinski definition) is 3. The monoisotopic (exact) mass is 205 g/mol. The Morgan fingerprint density at radius 3 is 2.73 bits per heavy atom. The quantitative estimate of drug-likeness (QED) is 0.759. The molecule has 3 N–H and O–H groups in total. The first kappa shape index (κ1) is 10.1. The lowest BCUT2D eigenvalue weighted by Crippen LogP contribution is -2.29. The van der Waals surface area contributed by atoms with Gasteiger partial charge in [0, 0.05) is 18.4 Å². The average Bonchev–Trinajstić information content (AvgIpc) is 2.97. The minimum absolute atomic E-state index is 0.0216. The first-order chi connectivity index (χ1) is 7.18. The molecule has 1 aliphatic carbocycles. The van der Waals surface area contributed by atoms with E-state index >= 15 is 0 Å². The SMILES string of the molecule is CC(NC(=O)C1CC1N)c1ccncc1. The molecule has 2 rings (SSSR count). The van der Waals surface area contributed by atoms with E-state index in [1.165, 1.54) is 0 Å². The van der Waals surface area contributed by atoms with Gasteiger partial charge in [-0.1, -0.05) is 0 Å². The second kappa shape index (κ2) is 3.98. The number of nitrogens with two attached hydrogens (primary N) is 1. The molecule has 0 radical (unpaired) electrons. The molecule has 15 heavy (non-hydrogen) atoms. The van der Waals surface area contributed by atoms with Crippen LogP contribution in [0.2, 0.25) is 0 Å².